The Balaban J connectivity index is 1.98. The minimum atomic E-state index is -1.81. The molecule has 7 nitrogen and oxygen atoms in total. The van der Waals surface area contributed by atoms with Crippen LogP contribution in [0.1, 0.15) is 110 Å². The lowest BCUT2D eigenvalue weighted by molar-refractivity contribution is -0.154. The fourth-order valence-corrected chi connectivity index (χ4v) is 3.87. The number of esters is 1. The highest BCUT2D eigenvalue weighted by atomic mass is 16.6. The van der Waals surface area contributed by atoms with E-state index >= 15 is 0 Å². The summed E-state index contributed by atoms with van der Waals surface area (Å²) < 4.78 is 4.57. The summed E-state index contributed by atoms with van der Waals surface area (Å²) in [6.07, 6.45) is 13.1. The van der Waals surface area contributed by atoms with Gasteiger partial charge in [-0.2, -0.15) is 0 Å². The maximum Gasteiger partial charge on any atom is 0.377 e. The van der Waals surface area contributed by atoms with Crippen molar-refractivity contribution in [1.29, 1.82) is 0 Å². The van der Waals surface area contributed by atoms with Crippen LogP contribution in [-0.2, 0) is 14.3 Å². The number of aliphatic hydroxyl groups is 4. The number of aliphatic hydroxyl groups excluding tert-OH is 4. The average Bonchev–Trinajstić information content (AvgIpc) is 3.02. The third kappa shape index (κ3) is 10.5. The van der Waals surface area contributed by atoms with E-state index in [4.69, 9.17) is 0 Å². The summed E-state index contributed by atoms with van der Waals surface area (Å²) in [6.45, 7) is 2.24. The van der Waals surface area contributed by atoms with E-state index in [2.05, 4.69) is 11.7 Å². The van der Waals surface area contributed by atoms with Crippen molar-refractivity contribution in [3.05, 3.63) is 11.5 Å². The van der Waals surface area contributed by atoms with Gasteiger partial charge in [0.15, 0.2) is 17.6 Å². The molecule has 0 aliphatic carbocycles. The predicted octanol–water partition coefficient (Wildman–Crippen LogP) is 4.79. The van der Waals surface area contributed by atoms with Crippen molar-refractivity contribution in [2.75, 3.05) is 0 Å². The summed E-state index contributed by atoms with van der Waals surface area (Å²) in [5.74, 6) is -3.64. The highest BCUT2D eigenvalue weighted by molar-refractivity contribution is 5.89. The summed E-state index contributed by atoms with van der Waals surface area (Å²) in [5, 5.41) is 38.7. The number of hydrogen-bond acceptors (Lipinski definition) is 7. The molecule has 0 aromatic heterocycles. The van der Waals surface area contributed by atoms with Crippen molar-refractivity contribution >= 4 is 11.8 Å². The smallest absolute Gasteiger partial charge is 0.377 e. The van der Waals surface area contributed by atoms with Gasteiger partial charge in [0.1, 0.15) is 12.2 Å². The van der Waals surface area contributed by atoms with Crippen LogP contribution in [0.4, 0.5) is 0 Å². The zero-order chi connectivity index (χ0) is 23.1. The van der Waals surface area contributed by atoms with E-state index in [0.29, 0.717) is 6.42 Å². The first-order chi connectivity index (χ1) is 14.9. The van der Waals surface area contributed by atoms with Gasteiger partial charge in [0.05, 0.1) is 0 Å². The van der Waals surface area contributed by atoms with E-state index in [9.17, 15) is 30.0 Å². The van der Waals surface area contributed by atoms with Crippen LogP contribution in [0.25, 0.3) is 0 Å². The van der Waals surface area contributed by atoms with Crippen LogP contribution >= 0.6 is 0 Å². The van der Waals surface area contributed by atoms with Crippen molar-refractivity contribution in [1.82, 2.24) is 0 Å². The SMILES string of the molecule is CCCCCCCCCCCCCCCCCC(=O)C(O)C(O)[C@H]1OC(=O)C(O)=C1O. The molecule has 0 fully saturated rings. The molecule has 3 atom stereocenters. The number of carbonyl (C=O) groups is 2. The second-order valence-electron chi connectivity index (χ2n) is 8.66. The van der Waals surface area contributed by atoms with Crippen LogP contribution < -0.4 is 0 Å². The molecule has 2 unspecified atom stereocenters. The lowest BCUT2D eigenvalue weighted by Crippen LogP contribution is -2.43. The van der Waals surface area contributed by atoms with Gasteiger partial charge in [0.25, 0.3) is 0 Å². The third-order valence-corrected chi connectivity index (χ3v) is 5.93. The van der Waals surface area contributed by atoms with Crippen molar-refractivity contribution in [2.45, 2.75) is 128 Å². The number of rotatable bonds is 19. The summed E-state index contributed by atoms with van der Waals surface area (Å²) in [5.41, 5.74) is 0. The van der Waals surface area contributed by atoms with Crippen LogP contribution in [0.3, 0.4) is 0 Å². The van der Waals surface area contributed by atoms with Crippen LogP contribution in [0.2, 0.25) is 0 Å². The van der Waals surface area contributed by atoms with Crippen LogP contribution in [-0.4, -0.2) is 50.5 Å². The minimum Gasteiger partial charge on any atom is -0.505 e. The highest BCUT2D eigenvalue weighted by Crippen LogP contribution is 2.23. The zero-order valence-corrected chi connectivity index (χ0v) is 19.1. The molecule has 7 heteroatoms. The van der Waals surface area contributed by atoms with Crippen molar-refractivity contribution < 1.29 is 34.8 Å². The molecular weight excluding hydrogens is 400 g/mol. The second-order valence-corrected chi connectivity index (χ2v) is 8.66. The molecule has 0 amide bonds. The van der Waals surface area contributed by atoms with Crippen molar-refractivity contribution in [2.24, 2.45) is 0 Å². The Hall–Kier alpha value is -1.60. The maximum absolute atomic E-state index is 12.0. The monoisotopic (exact) mass is 442 g/mol. The topological polar surface area (TPSA) is 124 Å². The van der Waals surface area contributed by atoms with Gasteiger partial charge in [-0.05, 0) is 6.42 Å². The highest BCUT2D eigenvalue weighted by Gasteiger charge is 2.43. The Bertz CT molecular complexity index is 558. The molecule has 1 aliphatic rings. The Labute approximate surface area is 186 Å². The number of carbonyl (C=O) groups excluding carboxylic acids is 2. The number of hydrogen-bond donors (Lipinski definition) is 4. The summed E-state index contributed by atoms with van der Waals surface area (Å²) in [6, 6.07) is 0. The van der Waals surface area contributed by atoms with E-state index < -0.39 is 41.6 Å². The van der Waals surface area contributed by atoms with Gasteiger partial charge >= 0.3 is 5.97 Å². The Kier molecular flexibility index (Phi) is 14.2. The quantitative estimate of drug-likeness (QED) is 0.167. The van der Waals surface area contributed by atoms with Gasteiger partial charge < -0.3 is 25.2 Å². The summed E-state index contributed by atoms with van der Waals surface area (Å²) >= 11 is 0. The molecule has 1 heterocycles. The fourth-order valence-electron chi connectivity index (χ4n) is 3.87. The van der Waals surface area contributed by atoms with Crippen molar-refractivity contribution in [3.63, 3.8) is 0 Å². The summed E-state index contributed by atoms with van der Waals surface area (Å²) in [4.78, 5) is 23.2. The lowest BCUT2D eigenvalue weighted by Gasteiger charge is -2.21. The molecule has 0 saturated carbocycles. The minimum absolute atomic E-state index is 0.105. The number of ether oxygens (including phenoxy) is 1. The van der Waals surface area contributed by atoms with Gasteiger partial charge in [-0.1, -0.05) is 96.8 Å². The first-order valence-corrected chi connectivity index (χ1v) is 12.1. The largest absolute Gasteiger partial charge is 0.505 e. The first kappa shape index (κ1) is 27.4. The lowest BCUT2D eigenvalue weighted by atomic mass is 9.98. The molecule has 0 aromatic rings. The molecule has 0 radical (unpaired) electrons. The molecular formula is C24H42O7. The van der Waals surface area contributed by atoms with Crippen LogP contribution in [0.15, 0.2) is 11.5 Å². The van der Waals surface area contributed by atoms with E-state index in [1.807, 2.05) is 0 Å². The zero-order valence-electron chi connectivity index (χ0n) is 19.1. The Morgan fingerprint density at radius 2 is 1.23 bits per heavy atom. The molecule has 0 aromatic carbocycles. The Morgan fingerprint density at radius 3 is 1.61 bits per heavy atom. The number of Topliss-reactive ketones (excluding diaryl/α,β-unsaturated/α-hetero) is 1. The first-order valence-electron chi connectivity index (χ1n) is 12.1. The van der Waals surface area contributed by atoms with E-state index in [-0.39, 0.29) is 6.42 Å². The van der Waals surface area contributed by atoms with Crippen LogP contribution in [0.5, 0.6) is 0 Å². The van der Waals surface area contributed by atoms with Gasteiger partial charge in [-0.15, -0.1) is 0 Å². The normalized spacial score (nSPS) is 18.3. The number of cyclic esters (lactones) is 1. The number of ketones is 1. The standard InChI is InChI=1S/C24H42O7/c1-2-3-4-5-6-7-8-9-10-11-12-13-14-15-16-17-18(25)19(26)20(27)23-21(28)22(29)24(30)31-23/h19-20,23,26-29H,2-17H2,1H3/t19?,20?,23-/m1/s1. The third-order valence-electron chi connectivity index (χ3n) is 5.93. The fraction of sp³-hybridized carbons (Fsp3) is 0.833. The van der Waals surface area contributed by atoms with Gasteiger partial charge in [-0.25, -0.2) is 4.79 Å². The van der Waals surface area contributed by atoms with E-state index in [0.717, 1.165) is 19.3 Å². The molecule has 0 spiro atoms. The van der Waals surface area contributed by atoms with Gasteiger partial charge in [-0.3, -0.25) is 4.79 Å². The molecule has 180 valence electrons. The molecule has 1 rings (SSSR count). The number of unbranched alkanes of at least 4 members (excludes halogenated alkanes) is 14. The maximum atomic E-state index is 12.0. The summed E-state index contributed by atoms with van der Waals surface area (Å²) in [7, 11) is 0. The van der Waals surface area contributed by atoms with Crippen molar-refractivity contribution in [3.8, 4) is 0 Å². The second kappa shape index (κ2) is 16.1. The van der Waals surface area contributed by atoms with E-state index in [1.165, 1.54) is 70.6 Å². The van der Waals surface area contributed by atoms with Gasteiger partial charge in [0.2, 0.25) is 5.76 Å². The molecule has 1 aliphatic heterocycles. The molecule has 4 N–H and O–H groups in total. The molecule has 0 bridgehead atoms. The molecule has 0 saturated heterocycles. The van der Waals surface area contributed by atoms with E-state index in [1.54, 1.807) is 0 Å². The molecule has 31 heavy (non-hydrogen) atoms. The van der Waals surface area contributed by atoms with Crippen LogP contribution in [0, 0.1) is 0 Å². The van der Waals surface area contributed by atoms with Gasteiger partial charge in [0, 0.05) is 6.42 Å². The Morgan fingerprint density at radius 1 is 0.806 bits per heavy atom. The average molecular weight is 443 g/mol. The predicted molar refractivity (Wildman–Crippen MR) is 119 cm³/mol.